The smallest absolute Gasteiger partial charge is 0.257 e. The van der Waals surface area contributed by atoms with Gasteiger partial charge < -0.3 is 28.6 Å². The van der Waals surface area contributed by atoms with E-state index < -0.39 is 0 Å². The molecule has 1 saturated heterocycles. The first-order valence-electron chi connectivity index (χ1n) is 9.75. The van der Waals surface area contributed by atoms with Crippen LogP contribution in [0.3, 0.4) is 0 Å². The summed E-state index contributed by atoms with van der Waals surface area (Å²) in [6, 6.07) is 9.56. The van der Waals surface area contributed by atoms with Crippen molar-refractivity contribution in [3.63, 3.8) is 0 Å². The average molecular weight is 432 g/mol. The van der Waals surface area contributed by atoms with Crippen molar-refractivity contribution in [2.24, 2.45) is 0 Å². The third-order valence-corrected chi connectivity index (χ3v) is 6.66. The fraction of sp³-hybridized carbons (Fsp3) is 0.409. The van der Waals surface area contributed by atoms with E-state index in [9.17, 15) is 4.79 Å². The highest BCUT2D eigenvalue weighted by Crippen LogP contribution is 2.42. The maximum absolute atomic E-state index is 13.3. The molecule has 8 heteroatoms. The van der Waals surface area contributed by atoms with Crippen LogP contribution in [0.1, 0.15) is 27.6 Å². The zero-order valence-electron chi connectivity index (χ0n) is 17.3. The van der Waals surface area contributed by atoms with Gasteiger partial charge in [-0.15, -0.1) is 0 Å². The van der Waals surface area contributed by atoms with Gasteiger partial charge in [0.1, 0.15) is 0 Å². The maximum Gasteiger partial charge on any atom is 0.257 e. The molecule has 2 heterocycles. The number of amides is 1. The Morgan fingerprint density at radius 3 is 2.57 bits per heavy atom. The SMILES string of the molecule is COc1ccc(C(=O)N2CCSC(c3ccc4c(c3)OCO4)CC2)c(OC)c1OC. The number of hydrogen-bond acceptors (Lipinski definition) is 7. The Morgan fingerprint density at radius 2 is 1.80 bits per heavy atom. The zero-order valence-corrected chi connectivity index (χ0v) is 18.1. The minimum Gasteiger partial charge on any atom is -0.493 e. The fourth-order valence-corrected chi connectivity index (χ4v) is 5.01. The third kappa shape index (κ3) is 3.84. The van der Waals surface area contributed by atoms with Crippen molar-refractivity contribution in [3.8, 4) is 28.7 Å². The lowest BCUT2D eigenvalue weighted by Crippen LogP contribution is -2.33. The zero-order chi connectivity index (χ0) is 21.1. The van der Waals surface area contributed by atoms with Crippen LogP contribution in [0.25, 0.3) is 0 Å². The monoisotopic (exact) mass is 431 g/mol. The maximum atomic E-state index is 13.3. The van der Waals surface area contributed by atoms with Crippen molar-refractivity contribution in [2.45, 2.75) is 11.7 Å². The van der Waals surface area contributed by atoms with Gasteiger partial charge in [-0.05, 0) is 36.2 Å². The molecule has 2 aromatic rings. The molecule has 1 amide bonds. The normalized spacial score (nSPS) is 18.0. The molecule has 0 spiro atoms. The number of thioether (sulfide) groups is 1. The third-order valence-electron chi connectivity index (χ3n) is 5.33. The van der Waals surface area contributed by atoms with Crippen LogP contribution in [0, 0.1) is 0 Å². The van der Waals surface area contributed by atoms with Crippen LogP contribution in [0.15, 0.2) is 30.3 Å². The van der Waals surface area contributed by atoms with Gasteiger partial charge in [-0.2, -0.15) is 11.8 Å². The number of methoxy groups -OCH3 is 3. The number of nitrogens with zero attached hydrogens (tertiary/aromatic N) is 1. The largest absolute Gasteiger partial charge is 0.493 e. The molecule has 1 unspecified atom stereocenters. The van der Waals surface area contributed by atoms with Gasteiger partial charge in [0.2, 0.25) is 12.5 Å². The van der Waals surface area contributed by atoms with Crippen molar-refractivity contribution in [1.29, 1.82) is 0 Å². The molecular formula is C22H25NO6S. The Labute approximate surface area is 180 Å². The first-order chi connectivity index (χ1) is 14.7. The van der Waals surface area contributed by atoms with Crippen molar-refractivity contribution >= 4 is 17.7 Å². The van der Waals surface area contributed by atoms with Crippen molar-refractivity contribution in [1.82, 2.24) is 4.90 Å². The van der Waals surface area contributed by atoms with E-state index in [0.29, 0.717) is 41.2 Å². The van der Waals surface area contributed by atoms with Crippen LogP contribution in [0.4, 0.5) is 0 Å². The molecule has 0 aromatic heterocycles. The van der Waals surface area contributed by atoms with Crippen molar-refractivity contribution in [2.75, 3.05) is 47.0 Å². The van der Waals surface area contributed by atoms with Crippen LogP contribution in [-0.4, -0.2) is 57.8 Å². The van der Waals surface area contributed by atoms with Crippen LogP contribution in [0.2, 0.25) is 0 Å². The standard InChI is InChI=1S/C22H25NO6S/c1-25-17-7-5-15(20(26-2)21(17)27-3)22(24)23-9-8-19(30-11-10-23)14-4-6-16-18(12-14)29-13-28-16/h4-7,12,19H,8-11,13H2,1-3H3. The summed E-state index contributed by atoms with van der Waals surface area (Å²) in [5.41, 5.74) is 1.67. The highest BCUT2D eigenvalue weighted by Gasteiger charge is 2.28. The first-order valence-corrected chi connectivity index (χ1v) is 10.8. The molecular weight excluding hydrogens is 406 g/mol. The molecule has 1 atom stereocenters. The van der Waals surface area contributed by atoms with Crippen LogP contribution >= 0.6 is 11.8 Å². The van der Waals surface area contributed by atoms with Gasteiger partial charge in [-0.3, -0.25) is 4.79 Å². The molecule has 1 fully saturated rings. The predicted octanol–water partition coefficient (Wildman–Crippen LogP) is 3.76. The Balaban J connectivity index is 1.51. The lowest BCUT2D eigenvalue weighted by atomic mass is 10.1. The van der Waals surface area contributed by atoms with E-state index in [1.54, 1.807) is 19.2 Å². The van der Waals surface area contributed by atoms with Crippen molar-refractivity contribution < 1.29 is 28.5 Å². The van der Waals surface area contributed by atoms with E-state index in [1.165, 1.54) is 19.8 Å². The number of carbonyl (C=O) groups is 1. The fourth-order valence-electron chi connectivity index (χ4n) is 3.79. The number of hydrogen-bond donors (Lipinski definition) is 0. The van der Waals surface area contributed by atoms with E-state index in [-0.39, 0.29) is 12.7 Å². The van der Waals surface area contributed by atoms with Crippen LogP contribution < -0.4 is 23.7 Å². The molecule has 2 aliphatic heterocycles. The molecule has 4 rings (SSSR count). The van der Waals surface area contributed by atoms with Gasteiger partial charge in [-0.1, -0.05) is 6.07 Å². The molecule has 2 aliphatic rings. The average Bonchev–Trinajstić information content (AvgIpc) is 3.12. The van der Waals surface area contributed by atoms with Gasteiger partial charge in [0, 0.05) is 24.1 Å². The molecule has 0 bridgehead atoms. The molecule has 160 valence electrons. The van der Waals surface area contributed by atoms with Crippen LogP contribution in [-0.2, 0) is 0 Å². The molecule has 0 saturated carbocycles. The lowest BCUT2D eigenvalue weighted by molar-refractivity contribution is 0.0762. The summed E-state index contributed by atoms with van der Waals surface area (Å²) in [6.07, 6.45) is 0.853. The second kappa shape index (κ2) is 8.95. The van der Waals surface area contributed by atoms with E-state index in [0.717, 1.165) is 23.7 Å². The summed E-state index contributed by atoms with van der Waals surface area (Å²) in [4.78, 5) is 15.2. The summed E-state index contributed by atoms with van der Waals surface area (Å²) >= 11 is 1.86. The number of rotatable bonds is 5. The highest BCUT2D eigenvalue weighted by atomic mass is 32.2. The molecule has 2 aromatic carbocycles. The highest BCUT2D eigenvalue weighted by molar-refractivity contribution is 7.99. The van der Waals surface area contributed by atoms with Gasteiger partial charge >= 0.3 is 0 Å². The minimum absolute atomic E-state index is 0.0697. The summed E-state index contributed by atoms with van der Waals surface area (Å²) in [7, 11) is 4.62. The minimum atomic E-state index is -0.0697. The van der Waals surface area contributed by atoms with Crippen molar-refractivity contribution in [3.05, 3.63) is 41.5 Å². The topological polar surface area (TPSA) is 66.5 Å². The summed E-state index contributed by atoms with van der Waals surface area (Å²) in [5.74, 6) is 3.70. The second-order valence-corrected chi connectivity index (χ2v) is 8.25. The number of carbonyl (C=O) groups excluding carboxylic acids is 1. The van der Waals surface area contributed by atoms with E-state index in [1.807, 2.05) is 22.7 Å². The Bertz CT molecular complexity index is 934. The van der Waals surface area contributed by atoms with Gasteiger partial charge in [0.25, 0.3) is 5.91 Å². The van der Waals surface area contributed by atoms with Gasteiger partial charge in [0.05, 0.1) is 26.9 Å². The molecule has 0 aliphatic carbocycles. The van der Waals surface area contributed by atoms with Gasteiger partial charge in [-0.25, -0.2) is 0 Å². The van der Waals surface area contributed by atoms with E-state index in [2.05, 4.69) is 12.1 Å². The van der Waals surface area contributed by atoms with Crippen LogP contribution in [0.5, 0.6) is 28.7 Å². The Hall–Kier alpha value is -2.74. The number of benzene rings is 2. The van der Waals surface area contributed by atoms with Gasteiger partial charge in [0.15, 0.2) is 23.0 Å². The number of fused-ring (bicyclic) bond motifs is 1. The Morgan fingerprint density at radius 1 is 1.00 bits per heavy atom. The van der Waals surface area contributed by atoms with E-state index >= 15 is 0 Å². The second-order valence-electron chi connectivity index (χ2n) is 6.93. The van der Waals surface area contributed by atoms with E-state index in [4.69, 9.17) is 23.7 Å². The predicted molar refractivity (Wildman–Crippen MR) is 114 cm³/mol. The number of ether oxygens (including phenoxy) is 5. The Kier molecular flexibility index (Phi) is 6.13. The lowest BCUT2D eigenvalue weighted by Gasteiger charge is -2.23. The molecule has 7 nitrogen and oxygen atoms in total. The molecule has 0 N–H and O–H groups in total. The first kappa shape index (κ1) is 20.5. The summed E-state index contributed by atoms with van der Waals surface area (Å²) < 4.78 is 27.2. The molecule has 0 radical (unpaired) electrons. The summed E-state index contributed by atoms with van der Waals surface area (Å²) in [5, 5.41) is 0.296. The summed E-state index contributed by atoms with van der Waals surface area (Å²) in [6.45, 7) is 1.59. The molecule has 30 heavy (non-hydrogen) atoms. The quantitative estimate of drug-likeness (QED) is 0.714.